The Morgan fingerprint density at radius 1 is 0.951 bits per heavy atom. The molecule has 0 fully saturated rings. The van der Waals surface area contributed by atoms with Gasteiger partial charge in [0, 0.05) is 19.2 Å². The van der Waals surface area contributed by atoms with Crippen molar-refractivity contribution in [2.24, 2.45) is 5.14 Å². The predicted octanol–water partition coefficient (Wildman–Crippen LogP) is 3.45. The molecule has 4 aromatic rings. The molecule has 3 aromatic carbocycles. The number of carbonyl (C=O) groups is 2. The predicted molar refractivity (Wildman–Crippen MR) is 157 cm³/mol. The maximum atomic E-state index is 13.6. The second-order valence-electron chi connectivity index (χ2n) is 9.29. The van der Waals surface area contributed by atoms with E-state index in [1.807, 2.05) is 18.2 Å². The summed E-state index contributed by atoms with van der Waals surface area (Å²) in [5, 5.41) is 8.37. The molecule has 0 radical (unpaired) electrons. The van der Waals surface area contributed by atoms with Crippen LogP contribution in [0.4, 0.5) is 10.1 Å². The highest BCUT2D eigenvalue weighted by molar-refractivity contribution is 7.91. The van der Waals surface area contributed by atoms with Gasteiger partial charge in [0.1, 0.15) is 11.7 Å². The Labute approximate surface area is 240 Å². The molecule has 216 valence electrons. The highest BCUT2D eigenvalue weighted by Crippen LogP contribution is 2.35. The third kappa shape index (κ3) is 7.94. The fraction of sp³-hybridized carbons (Fsp3) is 0.222. The monoisotopic (exact) mass is 618 g/mol. The zero-order valence-corrected chi connectivity index (χ0v) is 24.3. The standard InChI is InChI=1S/C27H27FN4O6S3/c1-17(33)31-22-9-6-20(7-10-22)21-8-11-23-24(14-21)39-27(32-23)25(26(34)30-12-13-41(29,37)38)40(35,36)16-19-4-2-18(15-28)3-5-19/h2-11,14,25H,12-13,15-16H2,1H3,(H,30,34)(H,31,33)(H2,29,37,38). The number of halogens is 1. The molecule has 1 heterocycles. The Morgan fingerprint density at radius 2 is 1.59 bits per heavy atom. The molecule has 2 amide bonds. The van der Waals surface area contributed by atoms with Crippen molar-refractivity contribution in [3.8, 4) is 11.1 Å². The number of amides is 2. The summed E-state index contributed by atoms with van der Waals surface area (Å²) in [5.41, 5.74) is 3.52. The van der Waals surface area contributed by atoms with E-state index in [9.17, 15) is 30.8 Å². The van der Waals surface area contributed by atoms with Crippen molar-refractivity contribution in [2.45, 2.75) is 24.6 Å². The van der Waals surface area contributed by atoms with E-state index in [1.54, 1.807) is 24.3 Å². The third-order valence-electron chi connectivity index (χ3n) is 6.00. The summed E-state index contributed by atoms with van der Waals surface area (Å²) < 4.78 is 63.4. The number of nitrogens with one attached hydrogen (secondary N) is 2. The molecule has 1 aromatic heterocycles. The molecule has 0 saturated carbocycles. The van der Waals surface area contributed by atoms with Gasteiger partial charge in [0.2, 0.25) is 21.8 Å². The lowest BCUT2D eigenvalue weighted by Gasteiger charge is -2.16. The SMILES string of the molecule is CC(=O)Nc1ccc(-c2ccc3nc(C(C(=O)NCCS(N)(=O)=O)S(=O)(=O)Cc4ccc(CF)cc4)sc3c2)cc1. The zero-order chi connectivity index (χ0) is 29.8. The van der Waals surface area contributed by atoms with E-state index in [2.05, 4.69) is 15.6 Å². The maximum absolute atomic E-state index is 13.6. The number of aromatic nitrogens is 1. The molecular weight excluding hydrogens is 592 g/mol. The summed E-state index contributed by atoms with van der Waals surface area (Å²) in [7, 11) is -8.10. The fourth-order valence-electron chi connectivity index (χ4n) is 4.06. The highest BCUT2D eigenvalue weighted by atomic mass is 32.2. The normalized spacial score (nSPS) is 12.7. The molecule has 0 saturated heterocycles. The number of carbonyl (C=O) groups excluding carboxylic acids is 2. The Hall–Kier alpha value is -3.72. The van der Waals surface area contributed by atoms with Gasteiger partial charge in [-0.05, 0) is 46.5 Å². The Morgan fingerprint density at radius 3 is 2.20 bits per heavy atom. The van der Waals surface area contributed by atoms with Crippen molar-refractivity contribution in [3.63, 3.8) is 0 Å². The minimum absolute atomic E-state index is 0.0200. The number of sulfonamides is 1. The molecule has 1 unspecified atom stereocenters. The number of sulfone groups is 1. The van der Waals surface area contributed by atoms with Crippen molar-refractivity contribution >= 4 is 58.9 Å². The number of fused-ring (bicyclic) bond motifs is 1. The number of hydrogen-bond donors (Lipinski definition) is 3. The Bertz CT molecular complexity index is 1790. The number of anilines is 1. The minimum atomic E-state index is -4.21. The van der Waals surface area contributed by atoms with Gasteiger partial charge >= 0.3 is 0 Å². The van der Waals surface area contributed by atoms with Gasteiger partial charge in [-0.25, -0.2) is 31.3 Å². The lowest BCUT2D eigenvalue weighted by atomic mass is 10.1. The van der Waals surface area contributed by atoms with E-state index < -0.39 is 49.2 Å². The first-order chi connectivity index (χ1) is 19.3. The van der Waals surface area contributed by atoms with Crippen LogP contribution in [0.15, 0.2) is 66.7 Å². The number of primary sulfonamides is 1. The molecule has 10 nitrogen and oxygen atoms in total. The number of alkyl halides is 1. The van der Waals surface area contributed by atoms with Crippen LogP contribution >= 0.6 is 11.3 Å². The van der Waals surface area contributed by atoms with Crippen LogP contribution in [0.3, 0.4) is 0 Å². The average molecular weight is 619 g/mol. The minimum Gasteiger partial charge on any atom is -0.354 e. The van der Waals surface area contributed by atoms with Gasteiger partial charge in [-0.3, -0.25) is 9.59 Å². The smallest absolute Gasteiger partial charge is 0.245 e. The number of rotatable bonds is 11. The van der Waals surface area contributed by atoms with Gasteiger partial charge in [-0.15, -0.1) is 11.3 Å². The Balaban J connectivity index is 1.67. The molecule has 0 spiro atoms. The highest BCUT2D eigenvalue weighted by Gasteiger charge is 2.37. The van der Waals surface area contributed by atoms with Crippen molar-refractivity contribution in [2.75, 3.05) is 17.6 Å². The molecule has 4 rings (SSSR count). The van der Waals surface area contributed by atoms with Gasteiger partial charge in [-0.2, -0.15) is 0 Å². The quantitative estimate of drug-likeness (QED) is 0.232. The van der Waals surface area contributed by atoms with Gasteiger partial charge < -0.3 is 10.6 Å². The summed E-state index contributed by atoms with van der Waals surface area (Å²) in [6.45, 7) is 0.340. The molecule has 1 atom stereocenters. The van der Waals surface area contributed by atoms with Crippen LogP contribution in [-0.2, 0) is 41.9 Å². The van der Waals surface area contributed by atoms with E-state index in [1.165, 1.54) is 31.2 Å². The fourth-order valence-corrected chi connectivity index (χ4v) is 7.61. The zero-order valence-electron chi connectivity index (χ0n) is 21.8. The number of thiazole rings is 1. The summed E-state index contributed by atoms with van der Waals surface area (Å²) in [4.78, 5) is 28.9. The lowest BCUT2D eigenvalue weighted by molar-refractivity contribution is -0.120. The van der Waals surface area contributed by atoms with Crippen molar-refractivity contribution in [1.82, 2.24) is 10.3 Å². The first kappa shape index (κ1) is 30.2. The summed E-state index contributed by atoms with van der Waals surface area (Å²) in [5.74, 6) is -2.21. The molecule has 0 aliphatic heterocycles. The van der Waals surface area contributed by atoms with Crippen LogP contribution in [0.25, 0.3) is 21.3 Å². The molecule has 0 bridgehead atoms. The van der Waals surface area contributed by atoms with E-state index in [4.69, 9.17) is 5.14 Å². The molecule has 0 aliphatic rings. The maximum Gasteiger partial charge on any atom is 0.245 e. The summed E-state index contributed by atoms with van der Waals surface area (Å²) in [6, 6.07) is 18.4. The lowest BCUT2D eigenvalue weighted by Crippen LogP contribution is -2.37. The van der Waals surface area contributed by atoms with Gasteiger partial charge in [0.05, 0.1) is 21.7 Å². The van der Waals surface area contributed by atoms with Crippen LogP contribution in [0.1, 0.15) is 28.3 Å². The third-order valence-corrected chi connectivity index (χ3v) is 9.89. The number of nitrogens with two attached hydrogens (primary N) is 1. The number of hydrogen-bond acceptors (Lipinski definition) is 8. The van der Waals surface area contributed by atoms with Crippen LogP contribution in [0.2, 0.25) is 0 Å². The van der Waals surface area contributed by atoms with Crippen LogP contribution in [0.5, 0.6) is 0 Å². The topological polar surface area (TPSA) is 165 Å². The van der Waals surface area contributed by atoms with Crippen LogP contribution in [0, 0.1) is 0 Å². The van der Waals surface area contributed by atoms with E-state index in [0.29, 0.717) is 27.0 Å². The molecule has 0 aliphatic carbocycles. The first-order valence-corrected chi connectivity index (χ1v) is 16.5. The van der Waals surface area contributed by atoms with E-state index >= 15 is 0 Å². The summed E-state index contributed by atoms with van der Waals surface area (Å²) in [6.07, 6.45) is 0. The average Bonchev–Trinajstić information content (AvgIpc) is 3.30. The summed E-state index contributed by atoms with van der Waals surface area (Å²) >= 11 is 1.04. The second kappa shape index (κ2) is 12.4. The van der Waals surface area contributed by atoms with E-state index in [-0.39, 0.29) is 17.5 Å². The van der Waals surface area contributed by atoms with Gasteiger partial charge in [-0.1, -0.05) is 42.5 Å². The Kier molecular flexibility index (Phi) is 9.17. The molecule has 41 heavy (non-hydrogen) atoms. The largest absolute Gasteiger partial charge is 0.354 e. The van der Waals surface area contributed by atoms with Crippen molar-refractivity contribution < 1.29 is 30.8 Å². The first-order valence-electron chi connectivity index (χ1n) is 12.3. The van der Waals surface area contributed by atoms with Gasteiger partial charge in [0.25, 0.3) is 0 Å². The molecular formula is C27H27FN4O6S3. The van der Waals surface area contributed by atoms with Crippen LogP contribution in [-0.4, -0.2) is 45.9 Å². The number of benzene rings is 3. The van der Waals surface area contributed by atoms with E-state index in [0.717, 1.165) is 22.5 Å². The van der Waals surface area contributed by atoms with Crippen molar-refractivity contribution in [3.05, 3.63) is 82.9 Å². The molecule has 14 heteroatoms. The van der Waals surface area contributed by atoms with Gasteiger partial charge in [0.15, 0.2) is 15.1 Å². The second-order valence-corrected chi connectivity index (χ2v) is 14.2. The number of nitrogens with zero attached hydrogens (tertiary/aromatic N) is 1. The molecule has 4 N–H and O–H groups in total. The van der Waals surface area contributed by atoms with Crippen molar-refractivity contribution in [1.29, 1.82) is 0 Å². The van der Waals surface area contributed by atoms with Crippen LogP contribution < -0.4 is 15.8 Å².